The van der Waals surface area contributed by atoms with Crippen LogP contribution in [0.2, 0.25) is 0 Å². The van der Waals surface area contributed by atoms with E-state index >= 15 is 0 Å². The van der Waals surface area contributed by atoms with Crippen LogP contribution in [-0.4, -0.2) is 31.3 Å². The third-order valence-corrected chi connectivity index (χ3v) is 5.96. The number of hydrogen-bond donors (Lipinski definition) is 2. The Balaban J connectivity index is 1.54. The van der Waals surface area contributed by atoms with Crippen LogP contribution in [-0.2, 0) is 6.54 Å². The molecule has 2 N–H and O–H groups in total. The molecule has 1 aromatic heterocycles. The third-order valence-electron chi connectivity index (χ3n) is 5.96. The Morgan fingerprint density at radius 2 is 1.79 bits per heavy atom. The number of nitrogens with zero attached hydrogens (tertiary/aromatic N) is 1. The number of quaternary nitrogens is 1. The van der Waals surface area contributed by atoms with Crippen molar-refractivity contribution in [2.75, 3.05) is 31.1 Å². The Morgan fingerprint density at radius 1 is 1.10 bits per heavy atom. The van der Waals surface area contributed by atoms with Crippen LogP contribution in [0.3, 0.4) is 0 Å². The maximum Gasteiger partial charge on any atom is 0.336 e. The minimum Gasteiger partial charge on any atom is -0.508 e. The highest BCUT2D eigenvalue weighted by atomic mass is 16.4. The number of aryl methyl sites for hydroxylation is 1. The summed E-state index contributed by atoms with van der Waals surface area (Å²) < 4.78 is 5.50. The maximum atomic E-state index is 12.1. The predicted octanol–water partition coefficient (Wildman–Crippen LogP) is 2.84. The fourth-order valence-electron chi connectivity index (χ4n) is 4.35. The zero-order chi connectivity index (χ0) is 20.5. The summed E-state index contributed by atoms with van der Waals surface area (Å²) in [4.78, 5) is 16.0. The highest BCUT2D eigenvalue weighted by molar-refractivity contribution is 5.82. The van der Waals surface area contributed by atoms with Crippen molar-refractivity contribution < 1.29 is 14.4 Å². The summed E-state index contributed by atoms with van der Waals surface area (Å²) in [5.41, 5.74) is 5.11. The molecule has 4 rings (SSSR count). The minimum atomic E-state index is -0.272. The monoisotopic (exact) mass is 393 g/mol. The van der Waals surface area contributed by atoms with E-state index in [1.54, 1.807) is 18.2 Å². The van der Waals surface area contributed by atoms with Crippen LogP contribution in [0.15, 0.2) is 51.7 Å². The Labute approximate surface area is 171 Å². The van der Waals surface area contributed by atoms with Crippen molar-refractivity contribution in [1.29, 1.82) is 0 Å². The smallest absolute Gasteiger partial charge is 0.336 e. The first-order chi connectivity index (χ1) is 13.9. The Hall–Kier alpha value is -2.79. The molecular weight excluding hydrogens is 364 g/mol. The van der Waals surface area contributed by atoms with E-state index in [1.807, 2.05) is 18.2 Å². The summed E-state index contributed by atoms with van der Waals surface area (Å²) in [6.07, 6.45) is 0. The number of hydrogen-bond acceptors (Lipinski definition) is 4. The van der Waals surface area contributed by atoms with Gasteiger partial charge >= 0.3 is 5.63 Å². The Kier molecular flexibility index (Phi) is 5.33. The molecule has 0 atom stereocenters. The van der Waals surface area contributed by atoms with Gasteiger partial charge in [0.2, 0.25) is 0 Å². The van der Waals surface area contributed by atoms with Gasteiger partial charge in [0, 0.05) is 22.7 Å². The Morgan fingerprint density at radius 3 is 2.45 bits per heavy atom. The fraction of sp³-hybridized carbons (Fsp3) is 0.375. The molecule has 0 saturated carbocycles. The number of aromatic hydroxyl groups is 1. The molecule has 1 fully saturated rings. The topological polar surface area (TPSA) is 58.1 Å². The van der Waals surface area contributed by atoms with E-state index in [9.17, 15) is 9.90 Å². The summed E-state index contributed by atoms with van der Waals surface area (Å²) >= 11 is 0. The van der Waals surface area contributed by atoms with Crippen LogP contribution in [0.4, 0.5) is 5.69 Å². The van der Waals surface area contributed by atoms with Crippen molar-refractivity contribution in [2.45, 2.75) is 33.2 Å². The van der Waals surface area contributed by atoms with Gasteiger partial charge in [-0.3, -0.25) is 0 Å². The first kappa shape index (κ1) is 19.5. The number of rotatable bonds is 4. The maximum absolute atomic E-state index is 12.1. The molecule has 0 amide bonds. The molecule has 0 aliphatic carbocycles. The van der Waals surface area contributed by atoms with Crippen LogP contribution in [0.25, 0.3) is 11.0 Å². The molecule has 152 valence electrons. The fourth-order valence-corrected chi connectivity index (χ4v) is 4.35. The lowest BCUT2D eigenvalue weighted by atomic mass is 9.95. The van der Waals surface area contributed by atoms with Crippen LogP contribution >= 0.6 is 0 Å². The second kappa shape index (κ2) is 7.91. The number of piperazine rings is 1. The number of benzene rings is 2. The molecule has 0 radical (unpaired) electrons. The molecule has 5 heteroatoms. The minimum absolute atomic E-state index is 0.272. The van der Waals surface area contributed by atoms with E-state index in [1.165, 1.54) is 16.0 Å². The normalized spacial score (nSPS) is 15.4. The van der Waals surface area contributed by atoms with E-state index in [0.29, 0.717) is 17.3 Å². The van der Waals surface area contributed by atoms with Crippen molar-refractivity contribution >= 4 is 16.7 Å². The molecular formula is C24H29N2O3+. The molecule has 1 aliphatic rings. The summed E-state index contributed by atoms with van der Waals surface area (Å²) in [5, 5.41) is 10.5. The van der Waals surface area contributed by atoms with Crippen molar-refractivity contribution in [1.82, 2.24) is 0 Å². The number of phenolic OH excluding ortho intramolecular Hbond substituents is 1. The number of anilines is 1. The van der Waals surface area contributed by atoms with Gasteiger partial charge in [0.15, 0.2) is 0 Å². The first-order valence-corrected chi connectivity index (χ1v) is 10.4. The summed E-state index contributed by atoms with van der Waals surface area (Å²) in [6, 6.07) is 13.3. The van der Waals surface area contributed by atoms with Gasteiger partial charge in [-0.15, -0.1) is 0 Å². The largest absolute Gasteiger partial charge is 0.508 e. The van der Waals surface area contributed by atoms with E-state index in [0.717, 1.165) is 49.4 Å². The lowest BCUT2D eigenvalue weighted by Gasteiger charge is -2.33. The molecule has 2 aromatic carbocycles. The SMILES string of the molecule is Cc1cc2oc(=O)cc(C[NH+]3CCN(c4ccc(O)cc4)CC3)c2cc1C(C)C. The van der Waals surface area contributed by atoms with Crippen LogP contribution < -0.4 is 15.4 Å². The van der Waals surface area contributed by atoms with Crippen molar-refractivity contribution in [3.05, 3.63) is 69.6 Å². The quantitative estimate of drug-likeness (QED) is 0.670. The Bertz CT molecular complexity index is 1060. The summed E-state index contributed by atoms with van der Waals surface area (Å²) in [7, 11) is 0. The van der Waals surface area contributed by atoms with Gasteiger partial charge in [0.25, 0.3) is 0 Å². The number of fused-ring (bicyclic) bond motifs is 1. The van der Waals surface area contributed by atoms with Gasteiger partial charge in [0.05, 0.1) is 26.2 Å². The van der Waals surface area contributed by atoms with Crippen molar-refractivity contribution in [3.63, 3.8) is 0 Å². The van der Waals surface area contributed by atoms with Gasteiger partial charge in [-0.25, -0.2) is 4.79 Å². The molecule has 5 nitrogen and oxygen atoms in total. The van der Waals surface area contributed by atoms with Crippen LogP contribution in [0.1, 0.15) is 36.5 Å². The van der Waals surface area contributed by atoms with E-state index < -0.39 is 0 Å². The molecule has 29 heavy (non-hydrogen) atoms. The van der Waals surface area contributed by atoms with Crippen LogP contribution in [0, 0.1) is 6.92 Å². The summed E-state index contributed by atoms with van der Waals surface area (Å²) in [6.45, 7) is 11.2. The number of nitrogens with one attached hydrogen (secondary N) is 1. The zero-order valence-corrected chi connectivity index (χ0v) is 17.4. The molecule has 1 aliphatic heterocycles. The number of phenols is 1. The van der Waals surface area contributed by atoms with Crippen molar-refractivity contribution in [2.24, 2.45) is 0 Å². The molecule has 1 saturated heterocycles. The second-order valence-corrected chi connectivity index (χ2v) is 8.38. The average molecular weight is 394 g/mol. The van der Waals surface area contributed by atoms with E-state index in [4.69, 9.17) is 4.42 Å². The first-order valence-electron chi connectivity index (χ1n) is 10.4. The molecule has 3 aromatic rings. The van der Waals surface area contributed by atoms with Crippen molar-refractivity contribution in [3.8, 4) is 5.75 Å². The standard InChI is InChI=1S/C24H28N2O3/c1-16(2)21-14-22-18(13-24(28)29-23(22)12-17(21)3)15-25-8-10-26(11-9-25)19-4-6-20(27)7-5-19/h4-7,12-14,16,27H,8-11,15H2,1-3H3/p+1. The van der Waals surface area contributed by atoms with Gasteiger partial charge in [-0.2, -0.15) is 0 Å². The van der Waals surface area contributed by atoms with Gasteiger partial charge in [-0.05, 0) is 60.4 Å². The summed E-state index contributed by atoms with van der Waals surface area (Å²) in [5.74, 6) is 0.726. The lowest BCUT2D eigenvalue weighted by molar-refractivity contribution is -0.914. The predicted molar refractivity (Wildman–Crippen MR) is 116 cm³/mol. The van der Waals surface area contributed by atoms with Crippen LogP contribution in [0.5, 0.6) is 5.75 Å². The molecule has 0 unspecified atom stereocenters. The highest BCUT2D eigenvalue weighted by Gasteiger charge is 2.22. The second-order valence-electron chi connectivity index (χ2n) is 8.38. The van der Waals surface area contributed by atoms with Gasteiger partial charge < -0.3 is 19.3 Å². The zero-order valence-electron chi connectivity index (χ0n) is 17.4. The lowest BCUT2D eigenvalue weighted by Crippen LogP contribution is -3.13. The molecule has 0 spiro atoms. The van der Waals surface area contributed by atoms with Gasteiger partial charge in [0.1, 0.15) is 17.9 Å². The third kappa shape index (κ3) is 4.15. The molecule has 0 bridgehead atoms. The average Bonchev–Trinajstić information content (AvgIpc) is 2.68. The van der Waals surface area contributed by atoms with Gasteiger partial charge in [-0.1, -0.05) is 13.8 Å². The van der Waals surface area contributed by atoms with E-state index in [-0.39, 0.29) is 5.63 Å². The van der Waals surface area contributed by atoms with E-state index in [2.05, 4.69) is 31.7 Å². The highest BCUT2D eigenvalue weighted by Crippen LogP contribution is 2.26. The molecule has 2 heterocycles.